The normalized spacial score (nSPS) is 30.2. The van der Waals surface area contributed by atoms with Crippen LogP contribution in [0.5, 0.6) is 0 Å². The first-order chi connectivity index (χ1) is 9.67. The number of carbonyl (C=O) groups is 2. The lowest BCUT2D eigenvalue weighted by atomic mass is 9.75. The summed E-state index contributed by atoms with van der Waals surface area (Å²) in [5.41, 5.74) is -0.517. The molecule has 2 aliphatic carbocycles. The third-order valence-corrected chi connectivity index (χ3v) is 5.56. The van der Waals surface area contributed by atoms with Gasteiger partial charge >= 0.3 is 0 Å². The van der Waals surface area contributed by atoms with Crippen molar-refractivity contribution in [3.63, 3.8) is 0 Å². The first-order valence-electron chi connectivity index (χ1n) is 8.30. The minimum absolute atomic E-state index is 0.114. The van der Waals surface area contributed by atoms with Crippen LogP contribution < -0.4 is 5.32 Å². The number of rotatable bonds is 3. The monoisotopic (exact) mass is 278 g/mol. The van der Waals surface area contributed by atoms with Crippen LogP contribution in [-0.2, 0) is 9.59 Å². The standard InChI is InChI=1S/C16H26N2O2/c1-2-13-14(19)18(11-12-7-6-8-12)16(15(20)17-13)9-4-3-5-10-16/h12-13H,2-11H2,1H3,(H,17,20). The molecule has 2 saturated carbocycles. The van der Waals surface area contributed by atoms with Crippen molar-refractivity contribution in [2.45, 2.75) is 76.3 Å². The van der Waals surface area contributed by atoms with Crippen LogP contribution in [0.15, 0.2) is 0 Å². The Kier molecular flexibility index (Phi) is 3.74. The Morgan fingerprint density at radius 2 is 1.85 bits per heavy atom. The van der Waals surface area contributed by atoms with Gasteiger partial charge in [0.1, 0.15) is 11.6 Å². The van der Waals surface area contributed by atoms with Crippen molar-refractivity contribution in [1.29, 1.82) is 0 Å². The van der Waals surface area contributed by atoms with Gasteiger partial charge in [-0.1, -0.05) is 32.6 Å². The van der Waals surface area contributed by atoms with E-state index in [1.807, 2.05) is 11.8 Å². The molecule has 1 unspecified atom stereocenters. The van der Waals surface area contributed by atoms with E-state index in [1.54, 1.807) is 0 Å². The molecule has 3 rings (SSSR count). The fourth-order valence-electron chi connectivity index (χ4n) is 3.98. The molecular weight excluding hydrogens is 252 g/mol. The minimum atomic E-state index is -0.517. The Bertz CT molecular complexity index is 397. The highest BCUT2D eigenvalue weighted by Crippen LogP contribution is 2.39. The van der Waals surface area contributed by atoms with E-state index in [1.165, 1.54) is 25.7 Å². The molecule has 0 aromatic carbocycles. The maximum absolute atomic E-state index is 12.8. The van der Waals surface area contributed by atoms with Crippen LogP contribution in [0.2, 0.25) is 0 Å². The quantitative estimate of drug-likeness (QED) is 0.860. The number of hydrogen-bond donors (Lipinski definition) is 1. The zero-order valence-electron chi connectivity index (χ0n) is 12.5. The van der Waals surface area contributed by atoms with Gasteiger partial charge in [0.05, 0.1) is 0 Å². The summed E-state index contributed by atoms with van der Waals surface area (Å²) in [6.07, 6.45) is 9.46. The van der Waals surface area contributed by atoms with Crippen molar-refractivity contribution in [2.24, 2.45) is 5.92 Å². The molecule has 1 atom stereocenters. The van der Waals surface area contributed by atoms with Crippen LogP contribution in [-0.4, -0.2) is 34.8 Å². The summed E-state index contributed by atoms with van der Waals surface area (Å²) in [5, 5.41) is 2.99. The van der Waals surface area contributed by atoms with Crippen LogP contribution in [0.1, 0.15) is 64.7 Å². The zero-order valence-corrected chi connectivity index (χ0v) is 12.5. The molecule has 3 fully saturated rings. The van der Waals surface area contributed by atoms with Gasteiger partial charge in [0.2, 0.25) is 11.8 Å². The molecule has 0 radical (unpaired) electrons. The van der Waals surface area contributed by atoms with Crippen LogP contribution in [0.25, 0.3) is 0 Å². The lowest BCUT2D eigenvalue weighted by Gasteiger charge is -2.51. The van der Waals surface area contributed by atoms with Gasteiger partial charge in [-0.05, 0) is 38.0 Å². The largest absolute Gasteiger partial charge is 0.342 e. The van der Waals surface area contributed by atoms with E-state index in [2.05, 4.69) is 5.32 Å². The lowest BCUT2D eigenvalue weighted by Crippen LogP contribution is -2.71. The summed E-state index contributed by atoms with van der Waals surface area (Å²) in [4.78, 5) is 27.4. The maximum Gasteiger partial charge on any atom is 0.246 e. The molecule has 1 heterocycles. The van der Waals surface area contributed by atoms with Crippen molar-refractivity contribution in [3.8, 4) is 0 Å². The predicted octanol–water partition coefficient (Wildman–Crippen LogP) is 2.23. The molecule has 112 valence electrons. The van der Waals surface area contributed by atoms with E-state index in [-0.39, 0.29) is 17.9 Å². The Balaban J connectivity index is 1.86. The van der Waals surface area contributed by atoms with E-state index < -0.39 is 5.54 Å². The molecule has 1 aliphatic heterocycles. The molecule has 4 heteroatoms. The van der Waals surface area contributed by atoms with Crippen LogP contribution >= 0.6 is 0 Å². The lowest BCUT2D eigenvalue weighted by molar-refractivity contribution is -0.161. The van der Waals surface area contributed by atoms with Crippen LogP contribution in [0.4, 0.5) is 0 Å². The fraction of sp³-hybridized carbons (Fsp3) is 0.875. The first-order valence-corrected chi connectivity index (χ1v) is 8.30. The van der Waals surface area contributed by atoms with Gasteiger partial charge in [-0.25, -0.2) is 0 Å². The van der Waals surface area contributed by atoms with Crippen molar-refractivity contribution in [2.75, 3.05) is 6.54 Å². The summed E-state index contributed by atoms with van der Waals surface area (Å²) in [7, 11) is 0. The average Bonchev–Trinajstić information content (AvgIpc) is 2.42. The zero-order chi connectivity index (χ0) is 14.2. The third-order valence-electron chi connectivity index (χ3n) is 5.56. The van der Waals surface area contributed by atoms with Crippen molar-refractivity contribution >= 4 is 11.8 Å². The summed E-state index contributed by atoms with van der Waals surface area (Å²) >= 11 is 0. The first kappa shape index (κ1) is 13.9. The Hall–Kier alpha value is -1.06. The number of nitrogens with zero attached hydrogens (tertiary/aromatic N) is 1. The van der Waals surface area contributed by atoms with Gasteiger partial charge in [0.25, 0.3) is 0 Å². The van der Waals surface area contributed by atoms with Gasteiger partial charge in [-0.2, -0.15) is 0 Å². The summed E-state index contributed by atoms with van der Waals surface area (Å²) in [6, 6.07) is -0.296. The summed E-state index contributed by atoms with van der Waals surface area (Å²) in [6.45, 7) is 2.78. The molecule has 0 aromatic rings. The fourth-order valence-corrected chi connectivity index (χ4v) is 3.98. The van der Waals surface area contributed by atoms with E-state index in [9.17, 15) is 9.59 Å². The molecule has 3 aliphatic rings. The van der Waals surface area contributed by atoms with E-state index >= 15 is 0 Å². The number of nitrogens with one attached hydrogen (secondary N) is 1. The Morgan fingerprint density at radius 3 is 2.40 bits per heavy atom. The maximum atomic E-state index is 12.8. The topological polar surface area (TPSA) is 49.4 Å². The van der Waals surface area contributed by atoms with Gasteiger partial charge < -0.3 is 10.2 Å². The predicted molar refractivity (Wildman–Crippen MR) is 77.1 cm³/mol. The van der Waals surface area contributed by atoms with Crippen LogP contribution in [0, 0.1) is 5.92 Å². The summed E-state index contributed by atoms with van der Waals surface area (Å²) < 4.78 is 0. The van der Waals surface area contributed by atoms with Gasteiger partial charge in [-0.15, -0.1) is 0 Å². The van der Waals surface area contributed by atoms with Gasteiger partial charge in [-0.3, -0.25) is 9.59 Å². The molecule has 1 spiro atoms. The van der Waals surface area contributed by atoms with E-state index in [0.29, 0.717) is 12.3 Å². The van der Waals surface area contributed by atoms with E-state index in [0.717, 1.165) is 32.2 Å². The molecule has 20 heavy (non-hydrogen) atoms. The Morgan fingerprint density at radius 1 is 1.15 bits per heavy atom. The number of amides is 2. The molecule has 4 nitrogen and oxygen atoms in total. The number of carbonyl (C=O) groups excluding carboxylic acids is 2. The van der Waals surface area contributed by atoms with Crippen molar-refractivity contribution in [1.82, 2.24) is 10.2 Å². The minimum Gasteiger partial charge on any atom is -0.342 e. The second-order valence-electron chi connectivity index (χ2n) is 6.77. The smallest absolute Gasteiger partial charge is 0.246 e. The third kappa shape index (κ3) is 2.13. The molecule has 0 bridgehead atoms. The van der Waals surface area contributed by atoms with Crippen molar-refractivity contribution < 1.29 is 9.59 Å². The second-order valence-corrected chi connectivity index (χ2v) is 6.77. The van der Waals surface area contributed by atoms with E-state index in [4.69, 9.17) is 0 Å². The second kappa shape index (κ2) is 5.38. The van der Waals surface area contributed by atoms with Gasteiger partial charge in [0.15, 0.2) is 0 Å². The Labute approximate surface area is 121 Å². The molecule has 0 aromatic heterocycles. The molecule has 2 amide bonds. The molecule has 1 N–H and O–H groups in total. The average molecular weight is 278 g/mol. The van der Waals surface area contributed by atoms with Crippen LogP contribution in [0.3, 0.4) is 0 Å². The van der Waals surface area contributed by atoms with Crippen molar-refractivity contribution in [3.05, 3.63) is 0 Å². The highest BCUT2D eigenvalue weighted by molar-refractivity contribution is 5.99. The SMILES string of the molecule is CCC1NC(=O)C2(CCCCC2)N(CC2CCC2)C1=O. The number of piperazine rings is 1. The summed E-state index contributed by atoms with van der Waals surface area (Å²) in [5.74, 6) is 0.907. The molecule has 1 saturated heterocycles. The van der Waals surface area contributed by atoms with Gasteiger partial charge in [0, 0.05) is 6.54 Å². The highest BCUT2D eigenvalue weighted by atomic mass is 16.2. The number of hydrogen-bond acceptors (Lipinski definition) is 2. The highest BCUT2D eigenvalue weighted by Gasteiger charge is 2.52. The molecular formula is C16H26N2O2.